The van der Waals surface area contributed by atoms with Gasteiger partial charge in [0.15, 0.2) is 0 Å². The smallest absolute Gasteiger partial charge is 0.317 e. The summed E-state index contributed by atoms with van der Waals surface area (Å²) in [6.45, 7) is 2.17. The van der Waals surface area contributed by atoms with Crippen molar-refractivity contribution in [2.75, 3.05) is 32.1 Å². The molecule has 6 heteroatoms. The fourth-order valence-corrected chi connectivity index (χ4v) is 1.61. The molecule has 6 nitrogen and oxygen atoms in total. The summed E-state index contributed by atoms with van der Waals surface area (Å²) in [6.07, 6.45) is 0. The van der Waals surface area contributed by atoms with Gasteiger partial charge in [0.25, 0.3) is 0 Å². The minimum atomic E-state index is -0.952. The number of para-hydroxylation sites is 2. The quantitative estimate of drug-likeness (QED) is 0.771. The summed E-state index contributed by atoms with van der Waals surface area (Å²) in [4.78, 5) is 24.0. The number of nitrogens with zero attached hydrogens (tertiary/aromatic N) is 1. The van der Waals surface area contributed by atoms with Crippen molar-refractivity contribution in [3.63, 3.8) is 0 Å². The number of aliphatic carboxylic acids is 1. The van der Waals surface area contributed by atoms with Crippen LogP contribution in [0, 0.1) is 0 Å². The number of benzene rings is 1. The molecule has 0 aromatic heterocycles. The lowest BCUT2D eigenvalue weighted by atomic mass is 10.3. The van der Waals surface area contributed by atoms with E-state index < -0.39 is 5.97 Å². The third-order valence-corrected chi connectivity index (χ3v) is 2.55. The predicted octanol–water partition coefficient (Wildman–Crippen LogP) is 1.04. The van der Waals surface area contributed by atoms with Crippen LogP contribution in [0.4, 0.5) is 5.69 Å². The lowest BCUT2D eigenvalue weighted by Crippen LogP contribution is -2.36. The molecule has 1 aromatic rings. The minimum Gasteiger partial charge on any atom is -0.495 e. The Morgan fingerprint density at radius 1 is 1.32 bits per heavy atom. The third-order valence-electron chi connectivity index (χ3n) is 2.55. The molecule has 0 aliphatic heterocycles. The lowest BCUT2D eigenvalue weighted by Gasteiger charge is -2.17. The molecule has 2 N–H and O–H groups in total. The Bertz CT molecular complexity index is 448. The van der Waals surface area contributed by atoms with Gasteiger partial charge in [0.2, 0.25) is 5.91 Å². The summed E-state index contributed by atoms with van der Waals surface area (Å²) in [5.41, 5.74) is 0.571. The summed E-state index contributed by atoms with van der Waals surface area (Å²) in [5, 5.41) is 11.4. The van der Waals surface area contributed by atoms with Crippen molar-refractivity contribution in [3.05, 3.63) is 24.3 Å². The molecular formula is C13H18N2O4. The third kappa shape index (κ3) is 4.97. The van der Waals surface area contributed by atoms with Gasteiger partial charge in [0, 0.05) is 0 Å². The van der Waals surface area contributed by atoms with Crippen LogP contribution in [0.5, 0.6) is 5.75 Å². The van der Waals surface area contributed by atoms with Crippen LogP contribution in [0.1, 0.15) is 6.92 Å². The monoisotopic (exact) mass is 266 g/mol. The number of hydrogen-bond donors (Lipinski definition) is 2. The van der Waals surface area contributed by atoms with E-state index in [1.165, 1.54) is 12.0 Å². The first kappa shape index (κ1) is 15.0. The maximum absolute atomic E-state index is 11.8. The average molecular weight is 266 g/mol. The molecule has 1 amide bonds. The number of rotatable bonds is 7. The number of hydrogen-bond acceptors (Lipinski definition) is 4. The molecule has 104 valence electrons. The van der Waals surface area contributed by atoms with E-state index in [9.17, 15) is 9.59 Å². The average Bonchev–Trinajstić information content (AvgIpc) is 2.38. The van der Waals surface area contributed by atoms with Crippen molar-refractivity contribution in [2.45, 2.75) is 6.92 Å². The molecule has 0 fully saturated rings. The summed E-state index contributed by atoms with van der Waals surface area (Å²) in [6, 6.07) is 7.05. The Balaban J connectivity index is 2.61. The Hall–Kier alpha value is -2.08. The molecule has 19 heavy (non-hydrogen) atoms. The SMILES string of the molecule is CCN(CC(=O)O)CC(=O)Nc1ccccc1OC. The summed E-state index contributed by atoms with van der Waals surface area (Å²) >= 11 is 0. The fraction of sp³-hybridized carbons (Fsp3) is 0.385. The molecule has 0 atom stereocenters. The molecule has 0 aliphatic rings. The van der Waals surface area contributed by atoms with Gasteiger partial charge in [-0.1, -0.05) is 19.1 Å². The van der Waals surface area contributed by atoms with Gasteiger partial charge in [0.1, 0.15) is 5.75 Å². The lowest BCUT2D eigenvalue weighted by molar-refractivity contribution is -0.138. The Labute approximate surface area is 112 Å². The van der Waals surface area contributed by atoms with Crippen LogP contribution in [-0.4, -0.2) is 48.6 Å². The molecule has 0 saturated heterocycles. The largest absolute Gasteiger partial charge is 0.495 e. The van der Waals surface area contributed by atoms with E-state index in [0.29, 0.717) is 18.0 Å². The van der Waals surface area contributed by atoms with E-state index in [-0.39, 0.29) is 19.0 Å². The molecule has 0 spiro atoms. The maximum atomic E-state index is 11.8. The highest BCUT2D eigenvalue weighted by Crippen LogP contribution is 2.22. The minimum absolute atomic E-state index is 0.0286. The van der Waals surface area contributed by atoms with Crippen LogP contribution in [0.25, 0.3) is 0 Å². The van der Waals surface area contributed by atoms with Gasteiger partial charge in [0.05, 0.1) is 25.9 Å². The van der Waals surface area contributed by atoms with Gasteiger partial charge in [-0.2, -0.15) is 0 Å². The second-order valence-corrected chi connectivity index (χ2v) is 3.95. The molecule has 0 heterocycles. The topological polar surface area (TPSA) is 78.9 Å². The zero-order chi connectivity index (χ0) is 14.3. The van der Waals surface area contributed by atoms with Crippen LogP contribution in [-0.2, 0) is 9.59 Å². The van der Waals surface area contributed by atoms with Gasteiger partial charge < -0.3 is 15.2 Å². The zero-order valence-corrected chi connectivity index (χ0v) is 11.0. The van der Waals surface area contributed by atoms with E-state index in [1.54, 1.807) is 31.2 Å². The number of carbonyl (C=O) groups excluding carboxylic acids is 1. The van der Waals surface area contributed by atoms with Crippen molar-refractivity contribution in [1.29, 1.82) is 0 Å². The highest BCUT2D eigenvalue weighted by atomic mass is 16.5. The van der Waals surface area contributed by atoms with Crippen molar-refractivity contribution >= 4 is 17.6 Å². The Morgan fingerprint density at radius 2 is 2.00 bits per heavy atom. The number of ether oxygens (including phenoxy) is 1. The fourth-order valence-electron chi connectivity index (χ4n) is 1.61. The normalized spacial score (nSPS) is 10.3. The van der Waals surface area contributed by atoms with E-state index in [0.717, 1.165) is 0 Å². The van der Waals surface area contributed by atoms with Gasteiger partial charge in [-0.15, -0.1) is 0 Å². The Morgan fingerprint density at radius 3 is 2.58 bits per heavy atom. The van der Waals surface area contributed by atoms with Gasteiger partial charge in [-0.25, -0.2) is 0 Å². The van der Waals surface area contributed by atoms with Crippen LogP contribution < -0.4 is 10.1 Å². The molecular weight excluding hydrogens is 248 g/mol. The highest BCUT2D eigenvalue weighted by molar-refractivity contribution is 5.93. The first-order valence-corrected chi connectivity index (χ1v) is 5.93. The standard InChI is InChI=1S/C13H18N2O4/c1-3-15(9-13(17)18)8-12(16)14-10-6-4-5-7-11(10)19-2/h4-7H,3,8-9H2,1-2H3,(H,14,16)(H,17,18). The number of carboxylic acids is 1. The van der Waals surface area contributed by atoms with Gasteiger partial charge >= 0.3 is 5.97 Å². The first-order chi connectivity index (χ1) is 9.06. The summed E-state index contributed by atoms with van der Waals surface area (Å²) in [5.74, 6) is -0.656. The highest BCUT2D eigenvalue weighted by Gasteiger charge is 2.13. The molecule has 1 rings (SSSR count). The second-order valence-electron chi connectivity index (χ2n) is 3.95. The molecule has 0 bridgehead atoms. The summed E-state index contributed by atoms with van der Waals surface area (Å²) < 4.78 is 5.12. The van der Waals surface area contributed by atoms with Crippen LogP contribution in [0.3, 0.4) is 0 Å². The van der Waals surface area contributed by atoms with Crippen LogP contribution in [0.2, 0.25) is 0 Å². The summed E-state index contributed by atoms with van der Waals surface area (Å²) in [7, 11) is 1.52. The molecule has 0 radical (unpaired) electrons. The van der Waals surface area contributed by atoms with Gasteiger partial charge in [-0.05, 0) is 18.7 Å². The molecule has 0 aliphatic carbocycles. The second kappa shape index (κ2) is 7.38. The Kier molecular flexibility index (Phi) is 5.81. The zero-order valence-electron chi connectivity index (χ0n) is 11.0. The van der Waals surface area contributed by atoms with Crippen molar-refractivity contribution in [2.24, 2.45) is 0 Å². The van der Waals surface area contributed by atoms with Crippen LogP contribution >= 0.6 is 0 Å². The number of likely N-dealkylation sites (N-methyl/N-ethyl adjacent to an activating group) is 1. The molecule has 0 unspecified atom stereocenters. The number of nitrogens with one attached hydrogen (secondary N) is 1. The van der Waals surface area contributed by atoms with Crippen molar-refractivity contribution in [3.8, 4) is 5.75 Å². The number of carbonyl (C=O) groups is 2. The molecule has 1 aromatic carbocycles. The van der Waals surface area contributed by atoms with E-state index in [1.807, 2.05) is 0 Å². The van der Waals surface area contributed by atoms with Crippen molar-refractivity contribution in [1.82, 2.24) is 4.90 Å². The number of anilines is 1. The predicted molar refractivity (Wildman–Crippen MR) is 71.4 cm³/mol. The van der Waals surface area contributed by atoms with E-state index >= 15 is 0 Å². The first-order valence-electron chi connectivity index (χ1n) is 5.93. The number of carboxylic acid groups (broad SMARTS) is 1. The van der Waals surface area contributed by atoms with E-state index in [2.05, 4.69) is 5.32 Å². The van der Waals surface area contributed by atoms with Crippen molar-refractivity contribution < 1.29 is 19.4 Å². The number of methoxy groups -OCH3 is 1. The molecule has 0 saturated carbocycles. The van der Waals surface area contributed by atoms with Gasteiger partial charge in [-0.3, -0.25) is 14.5 Å². The van der Waals surface area contributed by atoms with E-state index in [4.69, 9.17) is 9.84 Å². The van der Waals surface area contributed by atoms with Crippen LogP contribution in [0.15, 0.2) is 24.3 Å². The maximum Gasteiger partial charge on any atom is 0.317 e. The number of amides is 1.